The fourth-order valence-corrected chi connectivity index (χ4v) is 5.52. The van der Waals surface area contributed by atoms with Crippen molar-refractivity contribution in [2.75, 3.05) is 13.1 Å². The van der Waals surface area contributed by atoms with Crippen molar-refractivity contribution in [3.8, 4) is 6.07 Å². The van der Waals surface area contributed by atoms with Gasteiger partial charge in [0.15, 0.2) is 0 Å². The molecule has 0 bridgehead atoms. The fourth-order valence-electron chi connectivity index (χ4n) is 1.83. The Morgan fingerprint density at radius 1 is 1.53 bits per heavy atom. The number of hydrogen-bond acceptors (Lipinski definition) is 4. The van der Waals surface area contributed by atoms with Crippen LogP contribution in [-0.4, -0.2) is 25.8 Å². The van der Waals surface area contributed by atoms with E-state index in [0.29, 0.717) is 17.3 Å². The summed E-state index contributed by atoms with van der Waals surface area (Å²) in [4.78, 5) is 0. The van der Waals surface area contributed by atoms with Crippen LogP contribution in [0, 0.1) is 17.2 Å². The minimum Gasteiger partial charge on any atom is -0.206 e. The van der Waals surface area contributed by atoms with Crippen LogP contribution in [0.25, 0.3) is 0 Å². The summed E-state index contributed by atoms with van der Waals surface area (Å²) < 4.78 is 27.1. The van der Waals surface area contributed by atoms with Crippen LogP contribution in [0.2, 0.25) is 0 Å². The van der Waals surface area contributed by atoms with Crippen LogP contribution in [0.1, 0.15) is 12.8 Å². The standard InChI is InChI=1S/C10H11BrN2O2S2/c11-9-3-4-10(16-9)17(14,15)13-5-1-2-8(6-12)7-13/h3-4,8H,1-2,5,7H2. The predicted octanol–water partition coefficient (Wildman–Crippen LogP) is 2.43. The number of sulfonamides is 1. The van der Waals surface area contributed by atoms with Crippen molar-refractivity contribution in [1.82, 2.24) is 4.31 Å². The first-order valence-corrected chi connectivity index (χ1v) is 8.24. The highest BCUT2D eigenvalue weighted by molar-refractivity contribution is 9.11. The molecule has 4 nitrogen and oxygen atoms in total. The molecule has 0 aliphatic carbocycles. The molecule has 0 saturated carbocycles. The lowest BCUT2D eigenvalue weighted by molar-refractivity contribution is 0.305. The van der Waals surface area contributed by atoms with Gasteiger partial charge in [0, 0.05) is 13.1 Å². The van der Waals surface area contributed by atoms with E-state index in [0.717, 1.165) is 16.6 Å². The molecule has 1 unspecified atom stereocenters. The second-order valence-electron chi connectivity index (χ2n) is 3.89. The molecule has 0 radical (unpaired) electrons. The Labute approximate surface area is 113 Å². The lowest BCUT2D eigenvalue weighted by Gasteiger charge is -2.28. The lowest BCUT2D eigenvalue weighted by Crippen LogP contribution is -2.39. The normalized spacial score (nSPS) is 22.2. The van der Waals surface area contributed by atoms with Crippen molar-refractivity contribution in [3.05, 3.63) is 15.9 Å². The van der Waals surface area contributed by atoms with Crippen molar-refractivity contribution in [1.29, 1.82) is 5.26 Å². The third-order valence-electron chi connectivity index (χ3n) is 2.71. The molecule has 2 heterocycles. The summed E-state index contributed by atoms with van der Waals surface area (Å²) >= 11 is 4.46. The average molecular weight is 335 g/mol. The Kier molecular flexibility index (Phi) is 3.88. The number of thiophene rings is 1. The molecule has 1 aromatic rings. The van der Waals surface area contributed by atoms with Gasteiger partial charge in [0.1, 0.15) is 4.21 Å². The van der Waals surface area contributed by atoms with Crippen LogP contribution < -0.4 is 0 Å². The van der Waals surface area contributed by atoms with Crippen molar-refractivity contribution in [2.45, 2.75) is 17.1 Å². The van der Waals surface area contributed by atoms with Crippen LogP contribution >= 0.6 is 27.3 Å². The van der Waals surface area contributed by atoms with Gasteiger partial charge < -0.3 is 0 Å². The fraction of sp³-hybridized carbons (Fsp3) is 0.500. The zero-order valence-corrected chi connectivity index (χ0v) is 12.2. The van der Waals surface area contributed by atoms with Crippen molar-refractivity contribution < 1.29 is 8.42 Å². The molecule has 92 valence electrons. The third-order valence-corrected chi connectivity index (χ3v) is 6.67. The van der Waals surface area contributed by atoms with Gasteiger partial charge in [0.05, 0.1) is 15.8 Å². The molecule has 1 aliphatic rings. The van der Waals surface area contributed by atoms with Gasteiger partial charge in [-0.1, -0.05) is 0 Å². The topological polar surface area (TPSA) is 61.2 Å². The quantitative estimate of drug-likeness (QED) is 0.834. The molecule has 0 spiro atoms. The molecule has 1 fully saturated rings. The molecule has 0 aromatic carbocycles. The van der Waals surface area contributed by atoms with Gasteiger partial charge in [-0.2, -0.15) is 9.57 Å². The molecule has 1 atom stereocenters. The molecule has 7 heteroatoms. The lowest BCUT2D eigenvalue weighted by atomic mass is 10.0. The van der Waals surface area contributed by atoms with E-state index in [-0.39, 0.29) is 5.92 Å². The SMILES string of the molecule is N#CC1CCCN(S(=O)(=O)c2ccc(Br)s2)C1. The van der Waals surface area contributed by atoms with Crippen LogP contribution in [0.3, 0.4) is 0 Å². The molecular formula is C10H11BrN2O2S2. The van der Waals surface area contributed by atoms with E-state index in [9.17, 15) is 8.42 Å². The molecule has 2 rings (SSSR count). The van der Waals surface area contributed by atoms with E-state index in [1.54, 1.807) is 12.1 Å². The second kappa shape index (κ2) is 5.06. The first-order valence-electron chi connectivity index (χ1n) is 5.19. The summed E-state index contributed by atoms with van der Waals surface area (Å²) in [5.74, 6) is -0.179. The van der Waals surface area contributed by atoms with Crippen LogP contribution in [0.4, 0.5) is 0 Å². The van der Waals surface area contributed by atoms with E-state index in [2.05, 4.69) is 22.0 Å². The van der Waals surface area contributed by atoms with Crippen LogP contribution in [-0.2, 0) is 10.0 Å². The van der Waals surface area contributed by atoms with E-state index < -0.39 is 10.0 Å². The Hall–Kier alpha value is -0.420. The van der Waals surface area contributed by atoms with E-state index >= 15 is 0 Å². The van der Waals surface area contributed by atoms with E-state index in [4.69, 9.17) is 5.26 Å². The number of nitrogens with zero attached hydrogens (tertiary/aromatic N) is 2. The zero-order valence-electron chi connectivity index (χ0n) is 8.97. The van der Waals surface area contributed by atoms with Crippen LogP contribution in [0.15, 0.2) is 20.1 Å². The summed E-state index contributed by atoms with van der Waals surface area (Å²) in [7, 11) is -3.41. The van der Waals surface area contributed by atoms with Gasteiger partial charge in [-0.15, -0.1) is 11.3 Å². The van der Waals surface area contributed by atoms with E-state index in [1.807, 2.05) is 0 Å². The second-order valence-corrected chi connectivity index (χ2v) is 8.52. The van der Waals surface area contributed by atoms with E-state index in [1.165, 1.54) is 15.6 Å². The molecular weight excluding hydrogens is 324 g/mol. The maximum atomic E-state index is 12.3. The van der Waals surface area contributed by atoms with Crippen molar-refractivity contribution >= 4 is 37.3 Å². The zero-order chi connectivity index (χ0) is 12.5. The first-order chi connectivity index (χ1) is 8.04. The van der Waals surface area contributed by atoms with Gasteiger partial charge in [0.2, 0.25) is 0 Å². The molecule has 1 saturated heterocycles. The number of nitriles is 1. The first kappa shape index (κ1) is 13.0. The monoisotopic (exact) mass is 334 g/mol. The maximum Gasteiger partial charge on any atom is 0.252 e. The van der Waals surface area contributed by atoms with Crippen LogP contribution in [0.5, 0.6) is 0 Å². The molecule has 0 N–H and O–H groups in total. The highest BCUT2D eigenvalue weighted by Gasteiger charge is 2.31. The summed E-state index contributed by atoms with van der Waals surface area (Å²) in [6.07, 6.45) is 1.54. The predicted molar refractivity (Wildman–Crippen MR) is 69.1 cm³/mol. The molecule has 1 aliphatic heterocycles. The molecule has 17 heavy (non-hydrogen) atoms. The van der Waals surface area contributed by atoms with Crippen molar-refractivity contribution in [2.24, 2.45) is 5.92 Å². The number of piperidine rings is 1. The number of rotatable bonds is 2. The summed E-state index contributed by atoms with van der Waals surface area (Å²) in [6.45, 7) is 0.824. The Morgan fingerprint density at radius 2 is 2.29 bits per heavy atom. The number of halogens is 1. The largest absolute Gasteiger partial charge is 0.252 e. The van der Waals surface area contributed by atoms with Crippen molar-refractivity contribution in [3.63, 3.8) is 0 Å². The summed E-state index contributed by atoms with van der Waals surface area (Å²) in [5, 5.41) is 8.87. The van der Waals surface area contributed by atoms with Gasteiger partial charge in [-0.3, -0.25) is 0 Å². The molecule has 0 amide bonds. The average Bonchev–Trinajstić information content (AvgIpc) is 2.76. The Morgan fingerprint density at radius 3 is 2.88 bits per heavy atom. The number of hydrogen-bond donors (Lipinski definition) is 0. The van der Waals surface area contributed by atoms with Gasteiger partial charge in [-0.25, -0.2) is 8.42 Å². The summed E-state index contributed by atoms with van der Waals surface area (Å²) in [5.41, 5.74) is 0. The third kappa shape index (κ3) is 2.71. The smallest absolute Gasteiger partial charge is 0.206 e. The highest BCUT2D eigenvalue weighted by atomic mass is 79.9. The Balaban J connectivity index is 2.24. The molecule has 1 aromatic heterocycles. The minimum absolute atomic E-state index is 0.179. The Bertz CT molecular complexity index is 547. The highest BCUT2D eigenvalue weighted by Crippen LogP contribution is 2.30. The van der Waals surface area contributed by atoms with Gasteiger partial charge in [-0.05, 0) is 40.9 Å². The van der Waals surface area contributed by atoms with Gasteiger partial charge >= 0.3 is 0 Å². The van der Waals surface area contributed by atoms with Gasteiger partial charge in [0.25, 0.3) is 10.0 Å². The minimum atomic E-state index is -3.41. The summed E-state index contributed by atoms with van der Waals surface area (Å²) in [6, 6.07) is 5.47. The maximum absolute atomic E-state index is 12.3.